The van der Waals surface area contributed by atoms with Gasteiger partial charge in [0.05, 0.1) is 7.11 Å². The van der Waals surface area contributed by atoms with Crippen molar-refractivity contribution in [3.05, 3.63) is 53.6 Å². The SMILES string of the molecule is COc1cccc([C@@H]2CN(C(=O)c3ccc4n[nH]nc4c3)C[C@H]2N)c1. The molecule has 1 amide bonds. The summed E-state index contributed by atoms with van der Waals surface area (Å²) in [6.45, 7) is 1.11. The molecule has 7 nitrogen and oxygen atoms in total. The average Bonchev–Trinajstić information content (AvgIpc) is 3.26. The summed E-state index contributed by atoms with van der Waals surface area (Å²) in [6, 6.07) is 13.1. The first-order valence-corrected chi connectivity index (χ1v) is 8.15. The number of aromatic nitrogens is 3. The number of fused-ring (bicyclic) bond motifs is 1. The molecule has 1 aliphatic rings. The molecular formula is C18H19N5O2. The number of carbonyl (C=O) groups excluding carboxylic acids is 1. The van der Waals surface area contributed by atoms with E-state index >= 15 is 0 Å². The molecule has 2 atom stereocenters. The van der Waals surface area contributed by atoms with E-state index in [0.717, 1.165) is 16.8 Å². The molecule has 128 valence electrons. The van der Waals surface area contributed by atoms with Crippen molar-refractivity contribution in [2.45, 2.75) is 12.0 Å². The molecule has 4 rings (SSSR count). The highest BCUT2D eigenvalue weighted by Gasteiger charge is 2.34. The molecule has 0 saturated carbocycles. The van der Waals surface area contributed by atoms with E-state index in [4.69, 9.17) is 10.5 Å². The van der Waals surface area contributed by atoms with Crippen molar-refractivity contribution in [1.29, 1.82) is 0 Å². The number of hydrogen-bond acceptors (Lipinski definition) is 5. The zero-order valence-corrected chi connectivity index (χ0v) is 13.8. The second-order valence-corrected chi connectivity index (χ2v) is 6.28. The average molecular weight is 337 g/mol. The Balaban J connectivity index is 1.56. The monoisotopic (exact) mass is 337 g/mol. The molecule has 3 aromatic rings. The number of methoxy groups -OCH3 is 1. The van der Waals surface area contributed by atoms with Crippen LogP contribution in [0.3, 0.4) is 0 Å². The van der Waals surface area contributed by atoms with Crippen LogP contribution in [-0.4, -0.2) is 52.5 Å². The minimum atomic E-state index is -0.105. The number of hydrogen-bond donors (Lipinski definition) is 2. The number of nitrogens with zero attached hydrogens (tertiary/aromatic N) is 3. The van der Waals surface area contributed by atoms with Gasteiger partial charge in [-0.1, -0.05) is 12.1 Å². The molecule has 1 saturated heterocycles. The molecule has 7 heteroatoms. The van der Waals surface area contributed by atoms with Crippen LogP contribution in [0.15, 0.2) is 42.5 Å². The highest BCUT2D eigenvalue weighted by molar-refractivity contribution is 5.97. The van der Waals surface area contributed by atoms with Crippen molar-refractivity contribution in [3.8, 4) is 5.75 Å². The molecule has 2 aromatic carbocycles. The Hall–Kier alpha value is -2.93. The molecule has 25 heavy (non-hydrogen) atoms. The van der Waals surface area contributed by atoms with Gasteiger partial charge < -0.3 is 15.4 Å². The highest BCUT2D eigenvalue weighted by Crippen LogP contribution is 2.29. The van der Waals surface area contributed by atoms with Gasteiger partial charge in [0, 0.05) is 30.6 Å². The van der Waals surface area contributed by atoms with Gasteiger partial charge in [0.15, 0.2) is 0 Å². The van der Waals surface area contributed by atoms with E-state index in [1.165, 1.54) is 0 Å². The van der Waals surface area contributed by atoms with E-state index in [-0.39, 0.29) is 17.9 Å². The van der Waals surface area contributed by atoms with E-state index < -0.39 is 0 Å². The number of nitrogens with two attached hydrogens (primary N) is 1. The first-order chi connectivity index (χ1) is 12.2. The van der Waals surface area contributed by atoms with Gasteiger partial charge >= 0.3 is 0 Å². The smallest absolute Gasteiger partial charge is 0.254 e. The van der Waals surface area contributed by atoms with Crippen LogP contribution >= 0.6 is 0 Å². The highest BCUT2D eigenvalue weighted by atomic mass is 16.5. The Bertz CT molecular complexity index is 922. The maximum Gasteiger partial charge on any atom is 0.254 e. The number of aromatic amines is 1. The first kappa shape index (κ1) is 15.6. The van der Waals surface area contributed by atoms with Crippen molar-refractivity contribution in [2.24, 2.45) is 5.73 Å². The van der Waals surface area contributed by atoms with Gasteiger partial charge in [-0.25, -0.2) is 0 Å². The lowest BCUT2D eigenvalue weighted by molar-refractivity contribution is 0.0789. The summed E-state index contributed by atoms with van der Waals surface area (Å²) in [5.41, 5.74) is 9.43. The van der Waals surface area contributed by atoms with Crippen LogP contribution in [0.1, 0.15) is 21.8 Å². The fourth-order valence-electron chi connectivity index (χ4n) is 3.38. The number of amides is 1. The Morgan fingerprint density at radius 3 is 2.88 bits per heavy atom. The number of likely N-dealkylation sites (tertiary alicyclic amines) is 1. The number of carbonyl (C=O) groups is 1. The molecule has 2 heterocycles. The Kier molecular flexibility index (Phi) is 3.85. The number of ether oxygens (including phenoxy) is 1. The zero-order valence-electron chi connectivity index (χ0n) is 13.8. The molecule has 0 bridgehead atoms. The molecule has 0 aliphatic carbocycles. The standard InChI is InChI=1S/C18H19N5O2/c1-25-13-4-2-3-11(7-13)14-9-23(10-15(14)19)18(24)12-5-6-16-17(8-12)21-22-20-16/h2-8,14-15H,9-10,19H2,1H3,(H,20,21,22)/t14-,15+/m0/s1. The van der Waals surface area contributed by atoms with Crippen molar-refractivity contribution < 1.29 is 9.53 Å². The van der Waals surface area contributed by atoms with Crippen molar-refractivity contribution >= 4 is 16.9 Å². The largest absolute Gasteiger partial charge is 0.497 e. The van der Waals surface area contributed by atoms with Gasteiger partial charge in [-0.2, -0.15) is 15.4 Å². The molecule has 0 unspecified atom stereocenters. The third-order valence-electron chi connectivity index (χ3n) is 4.74. The Morgan fingerprint density at radius 2 is 2.04 bits per heavy atom. The van der Waals surface area contributed by atoms with Gasteiger partial charge in [0.2, 0.25) is 0 Å². The number of H-pyrrole nitrogens is 1. The topological polar surface area (TPSA) is 97.1 Å². The van der Waals surface area contributed by atoms with Gasteiger partial charge in [-0.3, -0.25) is 4.79 Å². The molecule has 3 N–H and O–H groups in total. The molecule has 1 aliphatic heterocycles. The summed E-state index contributed by atoms with van der Waals surface area (Å²) >= 11 is 0. The predicted molar refractivity (Wildman–Crippen MR) is 93.5 cm³/mol. The third-order valence-corrected chi connectivity index (χ3v) is 4.74. The fraction of sp³-hybridized carbons (Fsp3) is 0.278. The molecule has 0 spiro atoms. The lowest BCUT2D eigenvalue weighted by Crippen LogP contribution is -2.32. The van der Waals surface area contributed by atoms with Gasteiger partial charge in [0.25, 0.3) is 5.91 Å². The van der Waals surface area contributed by atoms with E-state index in [1.807, 2.05) is 24.3 Å². The summed E-state index contributed by atoms with van der Waals surface area (Å²) in [7, 11) is 1.64. The van der Waals surface area contributed by atoms with Crippen LogP contribution in [0.4, 0.5) is 0 Å². The summed E-state index contributed by atoms with van der Waals surface area (Å²) in [5, 5.41) is 10.6. The number of benzene rings is 2. The van der Waals surface area contributed by atoms with Crippen LogP contribution < -0.4 is 10.5 Å². The number of rotatable bonds is 3. The minimum Gasteiger partial charge on any atom is -0.497 e. The van der Waals surface area contributed by atoms with Crippen molar-refractivity contribution in [1.82, 2.24) is 20.3 Å². The maximum atomic E-state index is 12.8. The van der Waals surface area contributed by atoms with Crippen LogP contribution in [0, 0.1) is 0 Å². The summed E-state index contributed by atoms with van der Waals surface area (Å²) < 4.78 is 5.29. The summed E-state index contributed by atoms with van der Waals surface area (Å²) in [6.07, 6.45) is 0. The van der Waals surface area contributed by atoms with Gasteiger partial charge in [-0.05, 0) is 35.9 Å². The predicted octanol–water partition coefficient (Wildman–Crippen LogP) is 1.53. The van der Waals surface area contributed by atoms with Crippen LogP contribution in [0.25, 0.3) is 11.0 Å². The Labute approximate surface area is 144 Å². The van der Waals surface area contributed by atoms with Crippen LogP contribution in [-0.2, 0) is 0 Å². The fourth-order valence-corrected chi connectivity index (χ4v) is 3.38. The van der Waals surface area contributed by atoms with Crippen LogP contribution in [0.2, 0.25) is 0 Å². The lowest BCUT2D eigenvalue weighted by Gasteiger charge is -2.17. The van der Waals surface area contributed by atoms with Gasteiger partial charge in [-0.15, -0.1) is 0 Å². The summed E-state index contributed by atoms with van der Waals surface area (Å²) in [5.74, 6) is 0.853. The van der Waals surface area contributed by atoms with E-state index in [9.17, 15) is 4.79 Å². The van der Waals surface area contributed by atoms with Crippen LogP contribution in [0.5, 0.6) is 5.75 Å². The van der Waals surface area contributed by atoms with Gasteiger partial charge in [0.1, 0.15) is 16.8 Å². The first-order valence-electron chi connectivity index (χ1n) is 8.15. The molecular weight excluding hydrogens is 318 g/mol. The second-order valence-electron chi connectivity index (χ2n) is 6.28. The number of nitrogens with one attached hydrogen (secondary N) is 1. The van der Waals surface area contributed by atoms with E-state index in [0.29, 0.717) is 24.2 Å². The molecule has 1 fully saturated rings. The second kappa shape index (κ2) is 6.18. The quantitative estimate of drug-likeness (QED) is 0.755. The zero-order chi connectivity index (χ0) is 17.4. The Morgan fingerprint density at radius 1 is 1.20 bits per heavy atom. The minimum absolute atomic E-state index is 0.0363. The van der Waals surface area contributed by atoms with E-state index in [2.05, 4.69) is 15.4 Å². The molecule has 0 radical (unpaired) electrons. The lowest BCUT2D eigenvalue weighted by atomic mass is 9.95. The normalized spacial score (nSPS) is 20.2. The maximum absolute atomic E-state index is 12.8. The van der Waals surface area contributed by atoms with Crippen molar-refractivity contribution in [3.63, 3.8) is 0 Å². The summed E-state index contributed by atoms with van der Waals surface area (Å²) in [4.78, 5) is 14.6. The third kappa shape index (κ3) is 2.83. The molecule has 1 aromatic heterocycles. The van der Waals surface area contributed by atoms with E-state index in [1.54, 1.807) is 30.2 Å². The van der Waals surface area contributed by atoms with Crippen molar-refractivity contribution in [2.75, 3.05) is 20.2 Å².